The highest BCUT2D eigenvalue weighted by Gasteiger charge is 2.25. The molecule has 270 valence electrons. The Morgan fingerprint density at radius 1 is 1.20 bits per heavy atom. The van der Waals surface area contributed by atoms with E-state index in [1.54, 1.807) is 12.1 Å². The van der Waals surface area contributed by atoms with E-state index in [-0.39, 0.29) is 11.8 Å². The molecule has 1 aromatic heterocycles. The zero-order valence-electron chi connectivity index (χ0n) is 29.3. The fraction of sp³-hybridized carbons (Fsp3) is 0.487. The predicted octanol–water partition coefficient (Wildman–Crippen LogP) is 7.16. The smallest absolute Gasteiger partial charge is 0.308 e. The van der Waals surface area contributed by atoms with Crippen LogP contribution in [0.2, 0.25) is 5.02 Å². The van der Waals surface area contributed by atoms with Gasteiger partial charge in [0.15, 0.2) is 0 Å². The van der Waals surface area contributed by atoms with Crippen molar-refractivity contribution in [2.45, 2.75) is 71.8 Å². The predicted molar refractivity (Wildman–Crippen MR) is 201 cm³/mol. The van der Waals surface area contributed by atoms with Crippen molar-refractivity contribution >= 4 is 40.5 Å². The first-order valence-electron chi connectivity index (χ1n) is 17.9. The Kier molecular flexibility index (Phi) is 14.1. The average Bonchev–Trinajstić information content (AvgIpc) is 3.46. The van der Waals surface area contributed by atoms with E-state index >= 15 is 0 Å². The Balaban J connectivity index is 1.10. The number of anilines is 1. The summed E-state index contributed by atoms with van der Waals surface area (Å²) in [7, 11) is 0. The number of ether oxygens (including phenoxy) is 2. The molecule has 2 aromatic carbocycles. The number of carbonyl (C=O) groups excluding carboxylic acids is 2. The van der Waals surface area contributed by atoms with E-state index < -0.39 is 17.3 Å². The van der Waals surface area contributed by atoms with Gasteiger partial charge in [0.05, 0.1) is 36.9 Å². The Morgan fingerprint density at radius 3 is 2.82 bits per heavy atom. The molecular weight excluding hydrogens is 672 g/mol. The Hall–Kier alpha value is -3.44. The molecule has 9 nitrogen and oxygen atoms in total. The molecule has 0 bridgehead atoms. The van der Waals surface area contributed by atoms with Crippen LogP contribution in [0.3, 0.4) is 0 Å². The number of nitrogens with zero attached hydrogens (tertiary/aromatic N) is 1. The Bertz CT molecular complexity index is 1590. The van der Waals surface area contributed by atoms with Crippen LogP contribution in [0.15, 0.2) is 60.7 Å². The second-order valence-corrected chi connectivity index (χ2v) is 15.4. The maximum atomic E-state index is 12.7. The number of benzene rings is 2. The topological polar surface area (TPSA) is 133 Å². The summed E-state index contributed by atoms with van der Waals surface area (Å²) in [4.78, 5) is 30.2. The van der Waals surface area contributed by atoms with Crippen LogP contribution in [0, 0.1) is 17.8 Å². The highest BCUT2D eigenvalue weighted by molar-refractivity contribution is 7.90. The second-order valence-electron chi connectivity index (χ2n) is 13.7. The summed E-state index contributed by atoms with van der Waals surface area (Å²) in [5.41, 5.74) is 10.8. The van der Waals surface area contributed by atoms with Gasteiger partial charge in [0.2, 0.25) is 5.91 Å². The van der Waals surface area contributed by atoms with Crippen molar-refractivity contribution in [1.82, 2.24) is 9.71 Å². The third-order valence-electron chi connectivity index (χ3n) is 9.70. The van der Waals surface area contributed by atoms with Gasteiger partial charge in [-0.05, 0) is 92.0 Å². The molecule has 4 N–H and O–H groups in total. The van der Waals surface area contributed by atoms with Crippen molar-refractivity contribution < 1.29 is 23.6 Å². The Labute approximate surface area is 304 Å². The van der Waals surface area contributed by atoms with Gasteiger partial charge in [0.1, 0.15) is 17.2 Å². The summed E-state index contributed by atoms with van der Waals surface area (Å²) in [6.07, 6.45) is 12.0. The first kappa shape index (κ1) is 37.8. The standard InChI is InChI=1S/C39H51ClN4O5S/c1-3-28(9-5-4-8-27(2)26-50(47)43-39(46)35-21-32-25-48-19-17-34(32)42-35)16-18-44-23-30(12-6-10-29-11-7-13-33(40)20-29)24-49-37-15-14-31(38(41)45)22-36(37)44/h4-5,7,11,13-15,20-22,27-28,30,42H,3,6,8-10,12,16-19,23-26H2,1-2H3,(H2,41,45)(H,43,46)/b5-4+/t27-,28-,30?,50?/m0/s1. The van der Waals surface area contributed by atoms with Crippen LogP contribution in [0.5, 0.6) is 5.75 Å². The van der Waals surface area contributed by atoms with E-state index in [2.05, 4.69) is 46.7 Å². The zero-order valence-corrected chi connectivity index (χ0v) is 30.8. The summed E-state index contributed by atoms with van der Waals surface area (Å²) in [5, 5.41) is 0.765. The van der Waals surface area contributed by atoms with E-state index in [0.29, 0.717) is 48.7 Å². The molecule has 0 saturated heterocycles. The van der Waals surface area contributed by atoms with Gasteiger partial charge in [-0.1, -0.05) is 56.2 Å². The van der Waals surface area contributed by atoms with Crippen LogP contribution in [0.25, 0.3) is 0 Å². The molecule has 2 unspecified atom stereocenters. The monoisotopic (exact) mass is 722 g/mol. The second kappa shape index (κ2) is 18.7. The number of rotatable bonds is 17. The fourth-order valence-corrected chi connectivity index (χ4v) is 7.99. The molecule has 0 fully saturated rings. The number of aromatic amines is 1. The summed E-state index contributed by atoms with van der Waals surface area (Å²) in [6, 6.07) is 15.3. The van der Waals surface area contributed by atoms with Gasteiger partial charge in [-0.15, -0.1) is 0 Å². The molecule has 2 amide bonds. The number of nitrogens with two attached hydrogens (primary N) is 1. The molecule has 3 heterocycles. The number of aromatic nitrogens is 1. The Morgan fingerprint density at radius 2 is 2.04 bits per heavy atom. The number of H-pyrrole nitrogens is 1. The number of nitrogens with one attached hydrogen (secondary N) is 2. The van der Waals surface area contributed by atoms with Gasteiger partial charge >= 0.3 is 5.91 Å². The molecular formula is C39H51ClN4O5S. The maximum Gasteiger partial charge on any atom is 0.308 e. The normalized spacial score (nSPS) is 17.7. The number of allylic oxidation sites excluding steroid dienone is 2. The van der Waals surface area contributed by atoms with Crippen molar-refractivity contribution in [1.29, 1.82) is 0 Å². The number of amides is 2. The van der Waals surface area contributed by atoms with Gasteiger partial charge < -0.3 is 29.6 Å². The maximum absolute atomic E-state index is 12.7. The van der Waals surface area contributed by atoms with Gasteiger partial charge in [-0.3, -0.25) is 9.59 Å². The largest absolute Gasteiger partial charge is 0.593 e. The minimum Gasteiger partial charge on any atom is -0.593 e. The lowest BCUT2D eigenvalue weighted by Crippen LogP contribution is -2.34. The third kappa shape index (κ3) is 11.0. The summed E-state index contributed by atoms with van der Waals surface area (Å²) < 4.78 is 27.1. The minimum absolute atomic E-state index is 0.154. The quantitative estimate of drug-likeness (QED) is 0.100. The molecule has 11 heteroatoms. The lowest BCUT2D eigenvalue weighted by atomic mass is 9.96. The molecule has 0 saturated carbocycles. The van der Waals surface area contributed by atoms with Gasteiger partial charge in [0.25, 0.3) is 0 Å². The molecule has 3 aromatic rings. The molecule has 0 spiro atoms. The summed E-state index contributed by atoms with van der Waals surface area (Å²) >= 11 is 4.73. The van der Waals surface area contributed by atoms with Crippen LogP contribution in [-0.4, -0.2) is 53.4 Å². The first-order valence-corrected chi connectivity index (χ1v) is 19.6. The molecule has 0 radical (unpaired) electrons. The number of aryl methyl sites for hydroxylation is 1. The molecule has 5 rings (SSSR count). The van der Waals surface area contributed by atoms with Crippen LogP contribution < -0.4 is 20.1 Å². The number of hydrogen-bond donors (Lipinski definition) is 3. The van der Waals surface area contributed by atoms with E-state index in [0.717, 1.165) is 92.2 Å². The minimum atomic E-state index is -1.46. The fourth-order valence-electron chi connectivity index (χ4n) is 6.73. The number of carbonyl (C=O) groups is 2. The van der Waals surface area contributed by atoms with Gasteiger partial charge in [0, 0.05) is 47.6 Å². The number of primary amides is 1. The lowest BCUT2D eigenvalue weighted by molar-refractivity contribution is 0.0974. The van der Waals surface area contributed by atoms with Crippen molar-refractivity contribution in [2.24, 2.45) is 23.5 Å². The first-order chi connectivity index (χ1) is 24.2. The zero-order chi connectivity index (χ0) is 35.5. The van der Waals surface area contributed by atoms with Gasteiger partial charge in [-0.2, -0.15) is 4.72 Å². The summed E-state index contributed by atoms with van der Waals surface area (Å²) in [5.74, 6) is 1.38. The van der Waals surface area contributed by atoms with Crippen molar-refractivity contribution in [3.63, 3.8) is 0 Å². The molecule has 2 aliphatic heterocycles. The van der Waals surface area contributed by atoms with E-state index in [4.69, 9.17) is 26.8 Å². The molecule has 4 atom stereocenters. The highest BCUT2D eigenvalue weighted by Crippen LogP contribution is 2.35. The SMILES string of the molecule is CC[C@@H](C/C=C/C[C@H](C)C[S+]([O-])NC(=O)c1cc2c([nH]1)CCOC2)CCN1CC(CCCc2cccc(Cl)c2)COc2ccc(C(N)=O)cc21. The van der Waals surface area contributed by atoms with Gasteiger partial charge in [-0.25, -0.2) is 0 Å². The van der Waals surface area contributed by atoms with Crippen molar-refractivity contribution in [3.05, 3.63) is 93.8 Å². The number of halogens is 1. The van der Waals surface area contributed by atoms with E-state index in [1.165, 1.54) is 5.56 Å². The summed E-state index contributed by atoms with van der Waals surface area (Å²) in [6.45, 7) is 7.75. The molecule has 2 aliphatic rings. The molecule has 0 aliphatic carbocycles. The number of fused-ring (bicyclic) bond motifs is 2. The lowest BCUT2D eigenvalue weighted by Gasteiger charge is -2.28. The number of hydrogen-bond acceptors (Lipinski definition) is 6. The van der Waals surface area contributed by atoms with Crippen LogP contribution in [-0.2, 0) is 35.5 Å². The van der Waals surface area contributed by atoms with E-state index in [9.17, 15) is 14.1 Å². The van der Waals surface area contributed by atoms with Crippen molar-refractivity contribution in [3.8, 4) is 5.75 Å². The average molecular weight is 723 g/mol. The van der Waals surface area contributed by atoms with Crippen LogP contribution in [0.4, 0.5) is 5.69 Å². The highest BCUT2D eigenvalue weighted by atomic mass is 35.5. The van der Waals surface area contributed by atoms with Crippen molar-refractivity contribution in [2.75, 3.05) is 37.0 Å². The third-order valence-corrected chi connectivity index (χ3v) is 11.2. The van der Waals surface area contributed by atoms with E-state index in [1.807, 2.05) is 30.3 Å². The van der Waals surface area contributed by atoms with Crippen LogP contribution >= 0.6 is 11.6 Å². The van der Waals surface area contributed by atoms with Crippen LogP contribution in [0.1, 0.15) is 90.0 Å². The molecule has 50 heavy (non-hydrogen) atoms.